The van der Waals surface area contributed by atoms with Crippen LogP contribution in [0.5, 0.6) is 0 Å². The van der Waals surface area contributed by atoms with Crippen molar-refractivity contribution in [1.82, 2.24) is 4.98 Å². The average molecular weight is 422 g/mol. The first kappa shape index (κ1) is 21.5. The number of nitrogen functional groups attached to an aromatic ring is 1. The van der Waals surface area contributed by atoms with E-state index in [0.29, 0.717) is 35.7 Å². The minimum atomic E-state index is -0.0153. The molecule has 0 aliphatic carbocycles. The Hall–Kier alpha value is -3.18. The molecule has 0 saturated heterocycles. The van der Waals surface area contributed by atoms with Gasteiger partial charge in [-0.25, -0.2) is 4.98 Å². The number of nitrogens with two attached hydrogens (primary N) is 1. The fraction of sp³-hybridized carbons (Fsp3) is 0.208. The van der Waals surface area contributed by atoms with Gasteiger partial charge in [-0.3, -0.25) is 9.59 Å². The standard InChI is InChI=1S/C24H24ClN3O2/c1-3-24(30)28(2)19-9-6-17(7-10-19)18-8-11-20(21(25)14-18)22(29)12-4-16-5-13-23(26)27-15-16/h5-11,13-15H,3-4,12H2,1-2H3,(H2,26,27). The number of nitrogens with zero attached hydrogens (tertiary/aromatic N) is 2. The van der Waals surface area contributed by atoms with E-state index in [9.17, 15) is 9.59 Å². The smallest absolute Gasteiger partial charge is 0.226 e. The van der Waals surface area contributed by atoms with Crippen LogP contribution in [0.2, 0.25) is 5.02 Å². The third kappa shape index (κ3) is 5.05. The molecule has 3 aromatic rings. The number of hydrogen-bond donors (Lipinski definition) is 1. The molecule has 2 aromatic carbocycles. The molecule has 30 heavy (non-hydrogen) atoms. The summed E-state index contributed by atoms with van der Waals surface area (Å²) in [7, 11) is 1.76. The van der Waals surface area contributed by atoms with Crippen LogP contribution in [0.15, 0.2) is 60.8 Å². The van der Waals surface area contributed by atoms with E-state index in [1.807, 2.05) is 43.3 Å². The minimum Gasteiger partial charge on any atom is -0.384 e. The summed E-state index contributed by atoms with van der Waals surface area (Å²) in [5.41, 5.74) is 9.76. The van der Waals surface area contributed by atoms with Gasteiger partial charge in [-0.1, -0.05) is 42.8 Å². The van der Waals surface area contributed by atoms with Crippen molar-refractivity contribution in [1.29, 1.82) is 0 Å². The molecule has 5 nitrogen and oxygen atoms in total. The lowest BCUT2D eigenvalue weighted by Crippen LogP contribution is -2.24. The number of ketones is 1. The van der Waals surface area contributed by atoms with Crippen molar-refractivity contribution < 1.29 is 9.59 Å². The number of aryl methyl sites for hydroxylation is 1. The highest BCUT2D eigenvalue weighted by molar-refractivity contribution is 6.34. The number of carbonyl (C=O) groups excluding carboxylic acids is 2. The predicted molar refractivity (Wildman–Crippen MR) is 122 cm³/mol. The Morgan fingerprint density at radius 3 is 2.33 bits per heavy atom. The van der Waals surface area contributed by atoms with Crippen LogP contribution in [0.25, 0.3) is 11.1 Å². The van der Waals surface area contributed by atoms with Crippen molar-refractivity contribution in [3.05, 3.63) is 76.9 Å². The number of hydrogen-bond acceptors (Lipinski definition) is 4. The zero-order valence-corrected chi connectivity index (χ0v) is 17.8. The maximum absolute atomic E-state index is 12.6. The molecule has 154 valence electrons. The van der Waals surface area contributed by atoms with Gasteiger partial charge in [0.2, 0.25) is 5.91 Å². The summed E-state index contributed by atoms with van der Waals surface area (Å²) >= 11 is 6.42. The highest BCUT2D eigenvalue weighted by atomic mass is 35.5. The molecule has 3 rings (SSSR count). The molecular formula is C24H24ClN3O2. The Morgan fingerprint density at radius 1 is 1.03 bits per heavy atom. The molecule has 0 bridgehead atoms. The molecule has 1 aromatic heterocycles. The van der Waals surface area contributed by atoms with Crippen LogP contribution >= 0.6 is 11.6 Å². The maximum Gasteiger partial charge on any atom is 0.226 e. The van der Waals surface area contributed by atoms with Gasteiger partial charge in [-0.15, -0.1) is 0 Å². The second-order valence-electron chi connectivity index (χ2n) is 7.06. The highest BCUT2D eigenvalue weighted by Crippen LogP contribution is 2.28. The zero-order chi connectivity index (χ0) is 21.7. The molecule has 0 atom stereocenters. The third-order valence-electron chi connectivity index (χ3n) is 5.02. The lowest BCUT2D eigenvalue weighted by Gasteiger charge is -2.17. The summed E-state index contributed by atoms with van der Waals surface area (Å²) in [6, 6.07) is 16.7. The van der Waals surface area contributed by atoms with Crippen LogP contribution in [0.3, 0.4) is 0 Å². The molecule has 0 unspecified atom stereocenters. The second kappa shape index (κ2) is 9.55. The first-order chi connectivity index (χ1) is 14.4. The number of pyridine rings is 1. The Balaban J connectivity index is 1.70. The molecule has 1 heterocycles. The number of anilines is 2. The third-order valence-corrected chi connectivity index (χ3v) is 5.34. The summed E-state index contributed by atoms with van der Waals surface area (Å²) in [4.78, 5) is 30.1. The molecule has 0 saturated carbocycles. The summed E-state index contributed by atoms with van der Waals surface area (Å²) in [5, 5.41) is 0.426. The van der Waals surface area contributed by atoms with Gasteiger partial charge < -0.3 is 10.6 Å². The Kier molecular flexibility index (Phi) is 6.85. The van der Waals surface area contributed by atoms with Gasteiger partial charge in [0, 0.05) is 37.3 Å². The predicted octanol–water partition coefficient (Wildman–Crippen LogP) is 5.17. The Bertz CT molecular complexity index is 1050. The Morgan fingerprint density at radius 2 is 1.73 bits per heavy atom. The van der Waals surface area contributed by atoms with Crippen molar-refractivity contribution in [3.63, 3.8) is 0 Å². The van der Waals surface area contributed by atoms with Gasteiger partial charge in [-0.05, 0) is 53.4 Å². The number of aromatic nitrogens is 1. The quantitative estimate of drug-likeness (QED) is 0.534. The summed E-state index contributed by atoms with van der Waals surface area (Å²) in [6.07, 6.45) is 3.06. The van der Waals surface area contributed by atoms with Gasteiger partial charge in [-0.2, -0.15) is 0 Å². The largest absolute Gasteiger partial charge is 0.384 e. The van der Waals surface area contributed by atoms with Gasteiger partial charge >= 0.3 is 0 Å². The van der Waals surface area contributed by atoms with Crippen LogP contribution < -0.4 is 10.6 Å². The molecule has 0 spiro atoms. The Labute approximate surface area is 181 Å². The summed E-state index contributed by atoms with van der Waals surface area (Å²) < 4.78 is 0. The van der Waals surface area contributed by atoms with E-state index in [-0.39, 0.29) is 11.7 Å². The van der Waals surface area contributed by atoms with Gasteiger partial charge in [0.1, 0.15) is 5.82 Å². The van der Waals surface area contributed by atoms with Gasteiger partial charge in [0.25, 0.3) is 0 Å². The second-order valence-corrected chi connectivity index (χ2v) is 7.47. The fourth-order valence-corrected chi connectivity index (χ4v) is 3.44. The van der Waals surface area contributed by atoms with E-state index in [2.05, 4.69) is 4.98 Å². The fourth-order valence-electron chi connectivity index (χ4n) is 3.16. The van der Waals surface area contributed by atoms with Crippen LogP contribution in [-0.4, -0.2) is 23.7 Å². The van der Waals surface area contributed by atoms with E-state index >= 15 is 0 Å². The molecule has 0 aliphatic rings. The van der Waals surface area contributed by atoms with Crippen LogP contribution in [-0.2, 0) is 11.2 Å². The first-order valence-electron chi connectivity index (χ1n) is 9.79. The van der Waals surface area contributed by atoms with Crippen molar-refractivity contribution >= 4 is 34.8 Å². The summed E-state index contributed by atoms with van der Waals surface area (Å²) in [6.45, 7) is 1.84. The van der Waals surface area contributed by atoms with Crippen LogP contribution in [0.4, 0.5) is 11.5 Å². The van der Waals surface area contributed by atoms with Gasteiger partial charge in [0.05, 0.1) is 5.02 Å². The van der Waals surface area contributed by atoms with E-state index in [0.717, 1.165) is 22.4 Å². The number of halogens is 1. The molecule has 0 radical (unpaired) electrons. The first-order valence-corrected chi connectivity index (χ1v) is 10.2. The van der Waals surface area contributed by atoms with E-state index in [1.54, 1.807) is 36.3 Å². The van der Waals surface area contributed by atoms with Gasteiger partial charge in [0.15, 0.2) is 5.78 Å². The van der Waals surface area contributed by atoms with E-state index < -0.39 is 0 Å². The monoisotopic (exact) mass is 421 g/mol. The van der Waals surface area contributed by atoms with Crippen molar-refractivity contribution in [2.24, 2.45) is 0 Å². The van der Waals surface area contributed by atoms with Crippen molar-refractivity contribution in [2.75, 3.05) is 17.7 Å². The minimum absolute atomic E-state index is 0.0153. The number of amides is 1. The van der Waals surface area contributed by atoms with Crippen molar-refractivity contribution in [3.8, 4) is 11.1 Å². The zero-order valence-electron chi connectivity index (χ0n) is 17.1. The average Bonchev–Trinajstić information content (AvgIpc) is 2.77. The lowest BCUT2D eigenvalue weighted by molar-refractivity contribution is -0.118. The lowest BCUT2D eigenvalue weighted by atomic mass is 9.99. The molecule has 0 fully saturated rings. The SMILES string of the molecule is CCC(=O)N(C)c1ccc(-c2ccc(C(=O)CCc3ccc(N)nc3)c(Cl)c2)cc1. The normalized spacial score (nSPS) is 10.6. The molecular weight excluding hydrogens is 398 g/mol. The maximum atomic E-state index is 12.6. The van der Waals surface area contributed by atoms with Crippen LogP contribution in [0.1, 0.15) is 35.7 Å². The molecule has 6 heteroatoms. The topological polar surface area (TPSA) is 76.3 Å². The van der Waals surface area contributed by atoms with Crippen LogP contribution in [0, 0.1) is 0 Å². The summed E-state index contributed by atoms with van der Waals surface area (Å²) in [5.74, 6) is 0.502. The number of carbonyl (C=O) groups is 2. The number of Topliss-reactive ketones (excluding diaryl/α,β-unsaturated/α-hetero) is 1. The number of benzene rings is 2. The highest BCUT2D eigenvalue weighted by Gasteiger charge is 2.13. The molecule has 2 N–H and O–H groups in total. The van der Waals surface area contributed by atoms with Crippen molar-refractivity contribution in [2.45, 2.75) is 26.2 Å². The molecule has 1 amide bonds. The number of rotatable bonds is 7. The van der Waals surface area contributed by atoms with E-state index in [4.69, 9.17) is 17.3 Å². The van der Waals surface area contributed by atoms with E-state index in [1.165, 1.54) is 0 Å². The molecule has 0 aliphatic heterocycles.